The van der Waals surface area contributed by atoms with Crippen molar-refractivity contribution in [3.05, 3.63) is 0 Å². The third-order valence-corrected chi connectivity index (χ3v) is 3.87. The van der Waals surface area contributed by atoms with Crippen molar-refractivity contribution >= 4 is 9.84 Å². The van der Waals surface area contributed by atoms with Gasteiger partial charge in [0.15, 0.2) is 9.84 Å². The van der Waals surface area contributed by atoms with Gasteiger partial charge >= 0.3 is 0 Å². The van der Waals surface area contributed by atoms with E-state index in [9.17, 15) is 8.42 Å². The topological polar surface area (TPSA) is 69.4 Å². The van der Waals surface area contributed by atoms with E-state index in [2.05, 4.69) is 0 Å². The standard InChI is InChI=1S/C7H17NO3S/c1-7(6-11-2)12(9,10)5-3-4-8/h7H,3-6,8H2,1-2H3. The number of sulfone groups is 1. The van der Waals surface area contributed by atoms with Crippen LogP contribution in [0, 0.1) is 0 Å². The third kappa shape index (κ3) is 4.04. The SMILES string of the molecule is COCC(C)S(=O)(=O)CCCN. The van der Waals surface area contributed by atoms with Crippen LogP contribution in [0.2, 0.25) is 0 Å². The van der Waals surface area contributed by atoms with E-state index in [1.807, 2.05) is 0 Å². The van der Waals surface area contributed by atoms with Gasteiger partial charge in [0.2, 0.25) is 0 Å². The van der Waals surface area contributed by atoms with Gasteiger partial charge in [-0.25, -0.2) is 8.42 Å². The first-order valence-corrected chi connectivity index (χ1v) is 5.66. The molecule has 0 fully saturated rings. The highest BCUT2D eigenvalue weighted by molar-refractivity contribution is 7.92. The van der Waals surface area contributed by atoms with E-state index in [0.29, 0.717) is 13.0 Å². The summed E-state index contributed by atoms with van der Waals surface area (Å²) in [5.74, 6) is 0.161. The molecule has 0 saturated carbocycles. The van der Waals surface area contributed by atoms with Crippen LogP contribution in [0.3, 0.4) is 0 Å². The van der Waals surface area contributed by atoms with Crippen molar-refractivity contribution in [2.24, 2.45) is 5.73 Å². The van der Waals surface area contributed by atoms with Gasteiger partial charge in [-0.05, 0) is 19.9 Å². The molecule has 0 bridgehead atoms. The minimum absolute atomic E-state index is 0.161. The first kappa shape index (κ1) is 11.9. The van der Waals surface area contributed by atoms with E-state index in [-0.39, 0.29) is 12.4 Å². The van der Waals surface area contributed by atoms with E-state index >= 15 is 0 Å². The second-order valence-electron chi connectivity index (χ2n) is 2.78. The smallest absolute Gasteiger partial charge is 0.155 e. The van der Waals surface area contributed by atoms with Gasteiger partial charge in [0.25, 0.3) is 0 Å². The molecule has 12 heavy (non-hydrogen) atoms. The average Bonchev–Trinajstić information content (AvgIpc) is 2.01. The van der Waals surface area contributed by atoms with Crippen LogP contribution in [0.25, 0.3) is 0 Å². The molecule has 1 atom stereocenters. The Morgan fingerprint density at radius 3 is 2.50 bits per heavy atom. The van der Waals surface area contributed by atoms with Gasteiger partial charge in [0.05, 0.1) is 17.6 Å². The Kier molecular flexibility index (Phi) is 5.44. The molecule has 0 heterocycles. The molecular formula is C7H17NO3S. The van der Waals surface area contributed by atoms with Gasteiger partial charge in [-0.3, -0.25) is 0 Å². The Balaban J connectivity index is 4.01. The van der Waals surface area contributed by atoms with Gasteiger partial charge in [-0.2, -0.15) is 0 Å². The van der Waals surface area contributed by atoms with Crippen LogP contribution in [0.15, 0.2) is 0 Å². The van der Waals surface area contributed by atoms with Crippen LogP contribution in [0.1, 0.15) is 13.3 Å². The lowest BCUT2D eigenvalue weighted by atomic mass is 10.5. The van der Waals surface area contributed by atoms with Crippen LogP contribution in [-0.2, 0) is 14.6 Å². The van der Waals surface area contributed by atoms with Crippen molar-refractivity contribution in [2.45, 2.75) is 18.6 Å². The quantitative estimate of drug-likeness (QED) is 0.636. The van der Waals surface area contributed by atoms with Gasteiger partial charge < -0.3 is 10.5 Å². The first-order valence-electron chi connectivity index (χ1n) is 3.95. The molecule has 0 aliphatic rings. The summed E-state index contributed by atoms with van der Waals surface area (Å²) >= 11 is 0. The van der Waals surface area contributed by atoms with Crippen molar-refractivity contribution in [1.29, 1.82) is 0 Å². The molecular weight excluding hydrogens is 178 g/mol. The van der Waals surface area contributed by atoms with Crippen LogP contribution in [0.4, 0.5) is 0 Å². The van der Waals surface area contributed by atoms with Crippen LogP contribution in [-0.4, -0.2) is 39.7 Å². The molecule has 0 saturated heterocycles. The molecule has 1 unspecified atom stereocenters. The molecule has 0 spiro atoms. The minimum atomic E-state index is -2.99. The van der Waals surface area contributed by atoms with E-state index in [4.69, 9.17) is 10.5 Å². The van der Waals surface area contributed by atoms with E-state index in [1.54, 1.807) is 6.92 Å². The largest absolute Gasteiger partial charge is 0.383 e. The lowest BCUT2D eigenvalue weighted by molar-refractivity contribution is 0.200. The minimum Gasteiger partial charge on any atom is -0.383 e. The summed E-state index contributed by atoms with van der Waals surface area (Å²) in [5, 5.41) is -0.422. The molecule has 4 nitrogen and oxygen atoms in total. The zero-order valence-electron chi connectivity index (χ0n) is 7.62. The van der Waals surface area contributed by atoms with E-state index in [0.717, 1.165) is 0 Å². The number of hydrogen-bond donors (Lipinski definition) is 1. The number of hydrogen-bond acceptors (Lipinski definition) is 4. The fourth-order valence-corrected chi connectivity index (χ4v) is 2.14. The molecule has 0 aliphatic carbocycles. The maximum Gasteiger partial charge on any atom is 0.155 e. The zero-order valence-corrected chi connectivity index (χ0v) is 8.43. The number of ether oxygens (including phenoxy) is 1. The summed E-state index contributed by atoms with van der Waals surface area (Å²) in [6.45, 7) is 2.32. The Labute approximate surface area is 74.0 Å². The predicted octanol–water partition coefficient (Wildman–Crippen LogP) is -0.215. The maximum absolute atomic E-state index is 11.3. The third-order valence-electron chi connectivity index (χ3n) is 1.65. The van der Waals surface area contributed by atoms with E-state index in [1.165, 1.54) is 7.11 Å². The second-order valence-corrected chi connectivity index (χ2v) is 5.31. The van der Waals surface area contributed by atoms with Gasteiger partial charge in [-0.1, -0.05) is 0 Å². The molecule has 0 aromatic rings. The predicted molar refractivity (Wildman–Crippen MR) is 48.8 cm³/mol. The van der Waals surface area contributed by atoms with Gasteiger partial charge in [-0.15, -0.1) is 0 Å². The molecule has 0 rings (SSSR count). The summed E-state index contributed by atoms with van der Waals surface area (Å²) in [6, 6.07) is 0. The van der Waals surface area contributed by atoms with Crippen molar-refractivity contribution in [2.75, 3.05) is 26.0 Å². The molecule has 2 N–H and O–H groups in total. The van der Waals surface area contributed by atoms with Crippen molar-refractivity contribution in [3.8, 4) is 0 Å². The van der Waals surface area contributed by atoms with Gasteiger partial charge in [0.1, 0.15) is 0 Å². The Bertz CT molecular complexity index is 201. The summed E-state index contributed by atoms with van der Waals surface area (Å²) in [4.78, 5) is 0. The normalized spacial score (nSPS) is 14.6. The van der Waals surface area contributed by atoms with Crippen LogP contribution in [0.5, 0.6) is 0 Å². The fraction of sp³-hybridized carbons (Fsp3) is 1.00. The zero-order chi connectivity index (χ0) is 9.61. The van der Waals surface area contributed by atoms with Gasteiger partial charge in [0, 0.05) is 7.11 Å². The number of methoxy groups -OCH3 is 1. The summed E-state index contributed by atoms with van der Waals surface area (Å²) in [6.07, 6.45) is 0.524. The Morgan fingerprint density at radius 1 is 1.50 bits per heavy atom. The van der Waals surface area contributed by atoms with Crippen molar-refractivity contribution in [1.82, 2.24) is 0 Å². The molecule has 0 aliphatic heterocycles. The number of rotatable bonds is 6. The van der Waals surface area contributed by atoms with Crippen molar-refractivity contribution in [3.63, 3.8) is 0 Å². The molecule has 0 radical (unpaired) electrons. The molecule has 0 aromatic heterocycles. The summed E-state index contributed by atoms with van der Waals surface area (Å²) < 4.78 is 27.4. The molecule has 74 valence electrons. The highest BCUT2D eigenvalue weighted by Gasteiger charge is 2.19. The fourth-order valence-electron chi connectivity index (χ4n) is 0.824. The lowest BCUT2D eigenvalue weighted by Gasteiger charge is -2.10. The number of nitrogens with two attached hydrogens (primary N) is 1. The molecule has 5 heteroatoms. The second kappa shape index (κ2) is 5.50. The lowest BCUT2D eigenvalue weighted by Crippen LogP contribution is -2.26. The van der Waals surface area contributed by atoms with Crippen molar-refractivity contribution < 1.29 is 13.2 Å². The molecule has 0 amide bonds. The maximum atomic E-state index is 11.3. The Hall–Kier alpha value is -0.130. The van der Waals surface area contributed by atoms with Crippen LogP contribution < -0.4 is 5.73 Å². The highest BCUT2D eigenvalue weighted by atomic mass is 32.2. The monoisotopic (exact) mass is 195 g/mol. The summed E-state index contributed by atoms with van der Waals surface area (Å²) in [7, 11) is -1.49. The average molecular weight is 195 g/mol. The Morgan fingerprint density at radius 2 is 2.08 bits per heavy atom. The first-order chi connectivity index (χ1) is 5.54. The highest BCUT2D eigenvalue weighted by Crippen LogP contribution is 2.03. The molecule has 0 aromatic carbocycles. The summed E-state index contributed by atoms with van der Waals surface area (Å²) in [5.41, 5.74) is 5.21. The van der Waals surface area contributed by atoms with E-state index < -0.39 is 15.1 Å². The van der Waals surface area contributed by atoms with Crippen LogP contribution >= 0.6 is 0 Å².